The van der Waals surface area contributed by atoms with Crippen molar-refractivity contribution < 1.29 is 28.6 Å². The number of allylic oxidation sites excluding steroid dienone is 24. The molecule has 0 amide bonds. The summed E-state index contributed by atoms with van der Waals surface area (Å²) in [6, 6.07) is 0. The standard InChI is InChI=1S/C71H114O6/c1-4-7-10-13-16-19-22-25-26-27-28-29-30-31-32-33-34-35-36-37-38-39-40-41-42-43-44-47-49-52-55-58-61-64-70(73)76-67-68(77-71(74)65-62-59-56-53-50-46-24-21-18-15-12-9-6-3)66-75-69(72)63-60-57-54-51-48-45-23-20-17-14-11-8-5-2/h7,10-12,14-16,19-21,23-26,28-29,31-32,34-35,37-38,40-41,68H,4-6,8-9,13,17-18,22,27,30,33,36,39,42-67H2,1-3H3/b10-7-,14-11-,15-12-,19-16-,23-20-,24-21-,26-25-,29-28-,32-31-,35-34-,38-37-,41-40-. The van der Waals surface area contributed by atoms with E-state index in [9.17, 15) is 14.4 Å². The van der Waals surface area contributed by atoms with Crippen molar-refractivity contribution in [3.8, 4) is 0 Å². The van der Waals surface area contributed by atoms with Gasteiger partial charge < -0.3 is 14.2 Å². The van der Waals surface area contributed by atoms with E-state index in [-0.39, 0.29) is 31.1 Å². The van der Waals surface area contributed by atoms with Crippen molar-refractivity contribution in [2.75, 3.05) is 13.2 Å². The number of unbranched alkanes of at least 4 members (excludes halogenated alkanes) is 20. The molecular formula is C71H114O6. The second-order valence-corrected chi connectivity index (χ2v) is 20.2. The molecule has 0 fully saturated rings. The molecule has 0 saturated carbocycles. The molecule has 1 unspecified atom stereocenters. The molecule has 0 radical (unpaired) electrons. The zero-order valence-electron chi connectivity index (χ0n) is 49.7. The van der Waals surface area contributed by atoms with Crippen LogP contribution in [0.15, 0.2) is 146 Å². The highest BCUT2D eigenvalue weighted by Crippen LogP contribution is 2.14. The van der Waals surface area contributed by atoms with Crippen LogP contribution in [0.5, 0.6) is 0 Å². The molecular weight excluding hydrogens is 949 g/mol. The van der Waals surface area contributed by atoms with Gasteiger partial charge >= 0.3 is 17.9 Å². The van der Waals surface area contributed by atoms with Crippen molar-refractivity contribution in [2.24, 2.45) is 0 Å². The molecule has 0 rings (SSSR count). The summed E-state index contributed by atoms with van der Waals surface area (Å²) in [4.78, 5) is 38.2. The van der Waals surface area contributed by atoms with Crippen LogP contribution < -0.4 is 0 Å². The maximum atomic E-state index is 12.8. The minimum atomic E-state index is -0.800. The van der Waals surface area contributed by atoms with Gasteiger partial charge in [-0.3, -0.25) is 14.4 Å². The Morgan fingerprint density at radius 3 is 0.792 bits per heavy atom. The third-order valence-electron chi connectivity index (χ3n) is 12.8. The largest absolute Gasteiger partial charge is 0.462 e. The molecule has 6 heteroatoms. The summed E-state index contributed by atoms with van der Waals surface area (Å²) in [7, 11) is 0. The first kappa shape index (κ1) is 72.3. The summed E-state index contributed by atoms with van der Waals surface area (Å²) in [5, 5.41) is 0. The van der Waals surface area contributed by atoms with E-state index in [1.807, 2.05) is 0 Å². The lowest BCUT2D eigenvalue weighted by atomic mass is 10.1. The molecule has 0 aromatic heterocycles. The molecule has 0 aromatic carbocycles. The van der Waals surface area contributed by atoms with E-state index in [0.29, 0.717) is 19.3 Å². The summed E-state index contributed by atoms with van der Waals surface area (Å²) in [5.41, 5.74) is 0. The average molecular weight is 1060 g/mol. The molecule has 0 aromatic rings. The van der Waals surface area contributed by atoms with Gasteiger partial charge in [0.25, 0.3) is 0 Å². The van der Waals surface area contributed by atoms with Crippen LogP contribution in [0, 0.1) is 0 Å². The highest BCUT2D eigenvalue weighted by Gasteiger charge is 2.19. The lowest BCUT2D eigenvalue weighted by Gasteiger charge is -2.18. The Balaban J connectivity index is 4.27. The van der Waals surface area contributed by atoms with Crippen LogP contribution in [-0.2, 0) is 28.6 Å². The molecule has 1 atom stereocenters. The highest BCUT2D eigenvalue weighted by atomic mass is 16.6. The van der Waals surface area contributed by atoms with E-state index >= 15 is 0 Å². The van der Waals surface area contributed by atoms with Crippen molar-refractivity contribution in [3.63, 3.8) is 0 Å². The number of carbonyl (C=O) groups is 3. The van der Waals surface area contributed by atoms with E-state index in [4.69, 9.17) is 14.2 Å². The van der Waals surface area contributed by atoms with E-state index in [1.54, 1.807) is 0 Å². The number of rotatable bonds is 55. The van der Waals surface area contributed by atoms with Crippen LogP contribution in [0.4, 0.5) is 0 Å². The second kappa shape index (κ2) is 63.8. The Morgan fingerprint density at radius 2 is 0.506 bits per heavy atom. The van der Waals surface area contributed by atoms with Gasteiger partial charge in [0.1, 0.15) is 13.2 Å². The first-order chi connectivity index (χ1) is 38.0. The maximum Gasteiger partial charge on any atom is 0.306 e. The topological polar surface area (TPSA) is 78.9 Å². The van der Waals surface area contributed by atoms with Crippen molar-refractivity contribution in [3.05, 3.63) is 146 Å². The van der Waals surface area contributed by atoms with Gasteiger partial charge in [-0.25, -0.2) is 0 Å². The van der Waals surface area contributed by atoms with Crippen LogP contribution in [0.1, 0.15) is 265 Å². The monoisotopic (exact) mass is 1060 g/mol. The zero-order valence-corrected chi connectivity index (χ0v) is 49.7. The van der Waals surface area contributed by atoms with Crippen LogP contribution in [0.25, 0.3) is 0 Å². The molecule has 0 saturated heterocycles. The van der Waals surface area contributed by atoms with Gasteiger partial charge in [0.15, 0.2) is 6.10 Å². The smallest absolute Gasteiger partial charge is 0.306 e. The Morgan fingerprint density at radius 1 is 0.273 bits per heavy atom. The Hall–Kier alpha value is -4.71. The SMILES string of the molecule is CC/C=C\C/C=C\C/C=C\C/C=C\C/C=C\C/C=C\C/C=C\C/C=C\CCCCCCCCCCC(=O)OCC(COC(=O)CCCCCCC/C=C\C/C=C\CCC)OC(=O)CCCCCCC/C=C\C/C=C\CCC. The van der Waals surface area contributed by atoms with Crippen molar-refractivity contribution in [2.45, 2.75) is 271 Å². The third kappa shape index (κ3) is 62.0. The molecule has 0 N–H and O–H groups in total. The molecule has 0 aliphatic carbocycles. The Bertz CT molecular complexity index is 1700. The molecule has 0 bridgehead atoms. The predicted molar refractivity (Wildman–Crippen MR) is 334 cm³/mol. The molecule has 434 valence electrons. The van der Waals surface area contributed by atoms with E-state index < -0.39 is 6.10 Å². The van der Waals surface area contributed by atoms with Crippen molar-refractivity contribution >= 4 is 17.9 Å². The van der Waals surface area contributed by atoms with Crippen LogP contribution >= 0.6 is 0 Å². The summed E-state index contributed by atoms with van der Waals surface area (Å²) in [6.45, 7) is 6.36. The van der Waals surface area contributed by atoms with Gasteiger partial charge in [0.05, 0.1) is 0 Å². The molecule has 0 spiro atoms. The molecule has 77 heavy (non-hydrogen) atoms. The molecule has 0 heterocycles. The fourth-order valence-corrected chi connectivity index (χ4v) is 8.12. The molecule has 0 aliphatic heterocycles. The highest BCUT2D eigenvalue weighted by molar-refractivity contribution is 5.71. The quantitative estimate of drug-likeness (QED) is 0.0261. The number of carbonyl (C=O) groups excluding carboxylic acids is 3. The maximum absolute atomic E-state index is 12.8. The van der Waals surface area contributed by atoms with E-state index in [0.717, 1.165) is 180 Å². The summed E-state index contributed by atoms with van der Waals surface area (Å²) < 4.78 is 16.8. The first-order valence-corrected chi connectivity index (χ1v) is 31.3. The number of esters is 3. The van der Waals surface area contributed by atoms with Gasteiger partial charge in [0.2, 0.25) is 0 Å². The van der Waals surface area contributed by atoms with Crippen LogP contribution in [-0.4, -0.2) is 37.2 Å². The number of ether oxygens (including phenoxy) is 3. The van der Waals surface area contributed by atoms with Gasteiger partial charge in [-0.15, -0.1) is 0 Å². The lowest BCUT2D eigenvalue weighted by molar-refractivity contribution is -0.167. The Kier molecular flexibility index (Phi) is 59.9. The summed E-state index contributed by atoms with van der Waals surface area (Å²) >= 11 is 0. The fourth-order valence-electron chi connectivity index (χ4n) is 8.12. The van der Waals surface area contributed by atoms with Gasteiger partial charge in [0, 0.05) is 19.3 Å². The third-order valence-corrected chi connectivity index (χ3v) is 12.8. The van der Waals surface area contributed by atoms with Gasteiger partial charge in [-0.05, 0) is 135 Å². The molecule has 6 nitrogen and oxygen atoms in total. The molecule has 0 aliphatic rings. The second-order valence-electron chi connectivity index (χ2n) is 20.2. The summed E-state index contributed by atoms with van der Waals surface area (Å²) in [6.07, 6.45) is 91.4. The number of hydrogen-bond acceptors (Lipinski definition) is 6. The first-order valence-electron chi connectivity index (χ1n) is 31.3. The fraction of sp³-hybridized carbons (Fsp3) is 0.620. The van der Waals surface area contributed by atoms with Crippen LogP contribution in [0.3, 0.4) is 0 Å². The van der Waals surface area contributed by atoms with Crippen molar-refractivity contribution in [1.82, 2.24) is 0 Å². The normalized spacial score (nSPS) is 13.1. The van der Waals surface area contributed by atoms with E-state index in [2.05, 4.69) is 167 Å². The minimum absolute atomic E-state index is 0.0970. The zero-order chi connectivity index (χ0) is 55.7. The average Bonchev–Trinajstić information content (AvgIpc) is 3.43. The van der Waals surface area contributed by atoms with Crippen LogP contribution in [0.2, 0.25) is 0 Å². The van der Waals surface area contributed by atoms with Gasteiger partial charge in [-0.2, -0.15) is 0 Å². The Labute approximate surface area is 474 Å². The van der Waals surface area contributed by atoms with E-state index in [1.165, 1.54) is 44.9 Å². The van der Waals surface area contributed by atoms with Crippen molar-refractivity contribution in [1.29, 1.82) is 0 Å². The minimum Gasteiger partial charge on any atom is -0.462 e. The van der Waals surface area contributed by atoms with Gasteiger partial charge in [-0.1, -0.05) is 256 Å². The predicted octanol–water partition coefficient (Wildman–Crippen LogP) is 21.5. The lowest BCUT2D eigenvalue weighted by Crippen LogP contribution is -2.30. The number of hydrogen-bond donors (Lipinski definition) is 0. The summed E-state index contributed by atoms with van der Waals surface area (Å²) in [5.74, 6) is -0.937.